The van der Waals surface area contributed by atoms with Crippen LogP contribution in [0.3, 0.4) is 0 Å². The third-order valence-electron chi connectivity index (χ3n) is 2.80. The van der Waals surface area contributed by atoms with Gasteiger partial charge in [-0.15, -0.1) is 0 Å². The summed E-state index contributed by atoms with van der Waals surface area (Å²) in [6, 6.07) is 11.5. The van der Waals surface area contributed by atoms with Gasteiger partial charge in [0.05, 0.1) is 19.8 Å². The molecule has 0 aliphatic carbocycles. The van der Waals surface area contributed by atoms with Crippen molar-refractivity contribution in [2.24, 2.45) is 5.16 Å². The highest BCUT2D eigenvalue weighted by molar-refractivity contribution is 6.36. The van der Waals surface area contributed by atoms with Gasteiger partial charge < -0.3 is 14.3 Å². The van der Waals surface area contributed by atoms with Crippen molar-refractivity contribution in [3.8, 4) is 0 Å². The molecule has 2 rings (SSSR count). The van der Waals surface area contributed by atoms with E-state index in [-0.39, 0.29) is 6.10 Å². The van der Waals surface area contributed by atoms with E-state index >= 15 is 0 Å². The number of carbonyl (C=O) groups is 1. The summed E-state index contributed by atoms with van der Waals surface area (Å²) in [5.41, 5.74) is 1.31. The Morgan fingerprint density at radius 2 is 2.50 bits per heavy atom. The summed E-state index contributed by atoms with van der Waals surface area (Å²) in [4.78, 5) is 16.6. The van der Waals surface area contributed by atoms with Crippen molar-refractivity contribution in [3.63, 3.8) is 0 Å². The largest absolute Gasteiger partial charge is 0.461 e. The minimum atomic E-state index is -0.398. The number of hydrogen-bond donors (Lipinski definition) is 0. The molecule has 0 N–H and O–H groups in total. The molecule has 0 radical (unpaired) electrons. The van der Waals surface area contributed by atoms with Crippen molar-refractivity contribution in [1.29, 1.82) is 0 Å². The van der Waals surface area contributed by atoms with Gasteiger partial charge in [-0.1, -0.05) is 23.4 Å². The molecule has 0 fully saturated rings. The zero-order chi connectivity index (χ0) is 14.2. The second kappa shape index (κ2) is 7.51. The summed E-state index contributed by atoms with van der Waals surface area (Å²) in [6.45, 7) is 3.14. The molecule has 1 unspecified atom stereocenters. The van der Waals surface area contributed by atoms with Crippen LogP contribution >= 0.6 is 0 Å². The van der Waals surface area contributed by atoms with Crippen molar-refractivity contribution in [2.75, 3.05) is 13.2 Å². The van der Waals surface area contributed by atoms with Crippen LogP contribution in [0.25, 0.3) is 0 Å². The van der Waals surface area contributed by atoms with Gasteiger partial charge >= 0.3 is 5.97 Å². The Morgan fingerprint density at radius 1 is 1.60 bits per heavy atom. The molecular weight excluding hydrogens is 258 g/mol. The average molecular weight is 275 g/mol. The van der Waals surface area contributed by atoms with Crippen molar-refractivity contribution in [1.82, 2.24) is 0 Å². The summed E-state index contributed by atoms with van der Waals surface area (Å²) in [5.74, 6) is -0.398. The molecule has 1 heterocycles. The van der Waals surface area contributed by atoms with Crippen LogP contribution in [0, 0.1) is 12.1 Å². The van der Waals surface area contributed by atoms with Gasteiger partial charge in [-0.3, -0.25) is 0 Å². The molecule has 0 spiro atoms. The molecule has 20 heavy (non-hydrogen) atoms. The Balaban J connectivity index is 1.61. The quantitative estimate of drug-likeness (QED) is 0.563. The second-order valence-electron chi connectivity index (χ2n) is 4.35. The predicted octanol–water partition coefficient (Wildman–Crippen LogP) is 1.90. The number of carbonyl (C=O) groups excluding carboxylic acids is 1. The zero-order valence-corrected chi connectivity index (χ0v) is 11.4. The molecule has 1 aliphatic heterocycles. The van der Waals surface area contributed by atoms with Gasteiger partial charge in [-0.25, -0.2) is 4.79 Å². The van der Waals surface area contributed by atoms with E-state index in [1.54, 1.807) is 13.0 Å². The average Bonchev–Trinajstić information content (AvgIpc) is 2.94. The standard InChI is InChI=1S/C15H17NO4/c1-2-19-15(17)14-10-13(20-16-14)8-9-18-11-12-6-4-3-5-7-12/h3-4,6,13H,2,8-11H2,1H3. The lowest BCUT2D eigenvalue weighted by Crippen LogP contribution is -2.19. The molecule has 1 aromatic carbocycles. The molecule has 1 aromatic rings. The highest BCUT2D eigenvalue weighted by atomic mass is 16.6. The minimum absolute atomic E-state index is 0.110. The van der Waals surface area contributed by atoms with Crippen LogP contribution in [0.4, 0.5) is 0 Å². The Bertz CT molecular complexity index is 458. The maximum Gasteiger partial charge on any atom is 0.356 e. The first kappa shape index (κ1) is 14.4. The monoisotopic (exact) mass is 275 g/mol. The Labute approximate surface area is 118 Å². The molecule has 0 aromatic heterocycles. The molecule has 1 aliphatic rings. The van der Waals surface area contributed by atoms with Gasteiger partial charge in [0.1, 0.15) is 6.10 Å². The molecule has 0 saturated heterocycles. The molecule has 0 saturated carbocycles. The molecular formula is C15H17NO4. The van der Waals surface area contributed by atoms with Crippen molar-refractivity contribution < 1.29 is 19.1 Å². The first-order chi connectivity index (χ1) is 9.79. The SMILES string of the molecule is CCOC(=O)C1=NOC(CCOCc2c#cccc2)C1. The number of rotatable bonds is 7. The van der Waals surface area contributed by atoms with Gasteiger partial charge in [0.25, 0.3) is 0 Å². The van der Waals surface area contributed by atoms with Crippen molar-refractivity contribution >= 4 is 11.7 Å². The Morgan fingerprint density at radius 3 is 3.25 bits per heavy atom. The number of oxime groups is 1. The third kappa shape index (κ3) is 4.25. The van der Waals surface area contributed by atoms with Gasteiger partial charge in [0, 0.05) is 18.4 Å². The van der Waals surface area contributed by atoms with E-state index in [1.165, 1.54) is 0 Å². The van der Waals surface area contributed by atoms with Crippen molar-refractivity contribution in [3.05, 3.63) is 35.9 Å². The number of nitrogens with zero attached hydrogens (tertiary/aromatic N) is 1. The molecule has 106 valence electrons. The van der Waals surface area contributed by atoms with E-state index in [0.29, 0.717) is 38.4 Å². The first-order valence-corrected chi connectivity index (χ1v) is 6.64. The van der Waals surface area contributed by atoms with Gasteiger partial charge in [-0.2, -0.15) is 0 Å². The highest BCUT2D eigenvalue weighted by Crippen LogP contribution is 2.15. The van der Waals surface area contributed by atoms with Gasteiger partial charge in [-0.05, 0) is 19.1 Å². The summed E-state index contributed by atoms with van der Waals surface area (Å²) >= 11 is 0. The van der Waals surface area contributed by atoms with Crippen LogP contribution in [0.1, 0.15) is 25.3 Å². The number of hydrogen-bond acceptors (Lipinski definition) is 5. The van der Waals surface area contributed by atoms with Crippen LogP contribution < -0.4 is 0 Å². The summed E-state index contributed by atoms with van der Waals surface area (Å²) in [5, 5.41) is 3.75. The molecule has 5 heteroatoms. The molecule has 1 atom stereocenters. The van der Waals surface area contributed by atoms with E-state index < -0.39 is 5.97 Å². The van der Waals surface area contributed by atoms with Crippen LogP contribution in [-0.4, -0.2) is 31.0 Å². The lowest BCUT2D eigenvalue weighted by Gasteiger charge is -2.08. The van der Waals surface area contributed by atoms with E-state index in [2.05, 4.69) is 17.3 Å². The normalized spacial score (nSPS) is 17.1. The fourth-order valence-corrected chi connectivity index (χ4v) is 1.79. The van der Waals surface area contributed by atoms with Crippen LogP contribution in [0.2, 0.25) is 0 Å². The van der Waals surface area contributed by atoms with Crippen LogP contribution in [0.5, 0.6) is 0 Å². The second-order valence-corrected chi connectivity index (χ2v) is 4.35. The first-order valence-electron chi connectivity index (χ1n) is 6.64. The number of esters is 1. The summed E-state index contributed by atoms with van der Waals surface area (Å²) < 4.78 is 10.4. The van der Waals surface area contributed by atoms with E-state index in [4.69, 9.17) is 14.3 Å². The minimum Gasteiger partial charge on any atom is -0.461 e. The molecule has 0 amide bonds. The topological polar surface area (TPSA) is 57.1 Å². The molecule has 0 bridgehead atoms. The maximum atomic E-state index is 11.4. The fraction of sp³-hybridized carbons (Fsp3) is 0.467. The lowest BCUT2D eigenvalue weighted by atomic mass is 10.1. The summed E-state index contributed by atoms with van der Waals surface area (Å²) in [7, 11) is 0. The van der Waals surface area contributed by atoms with Gasteiger partial charge in [0.2, 0.25) is 0 Å². The Kier molecular flexibility index (Phi) is 5.39. The Hall–Kier alpha value is -2.06. The predicted molar refractivity (Wildman–Crippen MR) is 71.9 cm³/mol. The van der Waals surface area contributed by atoms with E-state index in [1.807, 2.05) is 12.1 Å². The van der Waals surface area contributed by atoms with E-state index in [9.17, 15) is 4.79 Å². The highest BCUT2D eigenvalue weighted by Gasteiger charge is 2.26. The fourth-order valence-electron chi connectivity index (χ4n) is 1.79. The van der Waals surface area contributed by atoms with E-state index in [0.717, 1.165) is 5.56 Å². The summed E-state index contributed by atoms with van der Waals surface area (Å²) in [6.07, 6.45) is 1.05. The van der Waals surface area contributed by atoms with Gasteiger partial charge in [0.15, 0.2) is 5.71 Å². The molecule has 5 nitrogen and oxygen atoms in total. The zero-order valence-electron chi connectivity index (χ0n) is 11.4. The lowest BCUT2D eigenvalue weighted by molar-refractivity contribution is -0.135. The third-order valence-corrected chi connectivity index (χ3v) is 2.80. The van der Waals surface area contributed by atoms with Crippen LogP contribution in [0.15, 0.2) is 23.4 Å². The maximum absolute atomic E-state index is 11.4. The number of ether oxygens (including phenoxy) is 2. The van der Waals surface area contributed by atoms with Crippen LogP contribution in [-0.2, 0) is 25.7 Å². The van der Waals surface area contributed by atoms with Crippen molar-refractivity contribution in [2.45, 2.75) is 32.5 Å². The smallest absolute Gasteiger partial charge is 0.356 e.